The Morgan fingerprint density at radius 3 is 2.82 bits per heavy atom. The topological polar surface area (TPSA) is 88.9 Å². The summed E-state index contributed by atoms with van der Waals surface area (Å²) in [4.78, 5) is 18.4. The number of hydrogen-bond donors (Lipinski definition) is 1. The van der Waals surface area contributed by atoms with E-state index in [1.54, 1.807) is 0 Å². The number of rotatable bonds is 9. The molecule has 0 aliphatic carbocycles. The zero-order valence-electron chi connectivity index (χ0n) is 20.5. The van der Waals surface area contributed by atoms with E-state index in [1.807, 2.05) is 22.9 Å². The highest BCUT2D eigenvalue weighted by molar-refractivity contribution is 5.79. The van der Waals surface area contributed by atoms with Crippen molar-refractivity contribution in [2.75, 3.05) is 13.2 Å². The molecule has 33 heavy (non-hydrogen) atoms. The summed E-state index contributed by atoms with van der Waals surface area (Å²) in [6.45, 7) is 12.7. The van der Waals surface area contributed by atoms with Gasteiger partial charge in [0.25, 0.3) is 5.56 Å². The highest BCUT2D eigenvalue weighted by Gasteiger charge is 2.32. The molecular formula is C25H36N6O2. The van der Waals surface area contributed by atoms with Crippen molar-refractivity contribution in [1.29, 1.82) is 0 Å². The summed E-state index contributed by atoms with van der Waals surface area (Å²) in [6.07, 6.45) is 4.01. The van der Waals surface area contributed by atoms with Gasteiger partial charge in [0.2, 0.25) is 0 Å². The number of tetrazole rings is 1. The minimum absolute atomic E-state index is 0.0253. The Hall–Kier alpha value is -2.58. The predicted molar refractivity (Wildman–Crippen MR) is 129 cm³/mol. The Kier molecular flexibility index (Phi) is 6.95. The summed E-state index contributed by atoms with van der Waals surface area (Å²) in [5.74, 6) is 0.843. The molecule has 3 heterocycles. The molecule has 0 amide bonds. The van der Waals surface area contributed by atoms with Crippen LogP contribution in [0.15, 0.2) is 29.1 Å². The van der Waals surface area contributed by atoms with Crippen molar-refractivity contribution in [2.45, 2.75) is 84.5 Å². The minimum Gasteiger partial charge on any atom is -0.377 e. The van der Waals surface area contributed by atoms with E-state index in [-0.39, 0.29) is 23.2 Å². The summed E-state index contributed by atoms with van der Waals surface area (Å²) in [6, 6.07) is 8.10. The molecule has 2 unspecified atom stereocenters. The maximum atomic E-state index is 13.0. The predicted octanol–water partition coefficient (Wildman–Crippen LogP) is 4.10. The van der Waals surface area contributed by atoms with Crippen LogP contribution in [0.5, 0.6) is 0 Å². The van der Waals surface area contributed by atoms with Gasteiger partial charge in [-0.2, -0.15) is 0 Å². The van der Waals surface area contributed by atoms with Gasteiger partial charge in [-0.25, -0.2) is 4.68 Å². The van der Waals surface area contributed by atoms with E-state index in [0.717, 1.165) is 61.1 Å². The van der Waals surface area contributed by atoms with Gasteiger partial charge >= 0.3 is 0 Å². The second kappa shape index (κ2) is 9.73. The third-order valence-electron chi connectivity index (χ3n) is 6.97. The summed E-state index contributed by atoms with van der Waals surface area (Å²) in [5, 5.41) is 13.9. The van der Waals surface area contributed by atoms with E-state index in [2.05, 4.69) is 66.1 Å². The van der Waals surface area contributed by atoms with E-state index in [1.165, 1.54) is 5.56 Å². The van der Waals surface area contributed by atoms with Crippen molar-refractivity contribution in [3.8, 4) is 0 Å². The van der Waals surface area contributed by atoms with E-state index in [9.17, 15) is 4.79 Å². The standard InChI is InChI=1S/C25H36N6O2/c1-6-22(23-27-28-29-31(23)25(4,5)7-2)30(16-20-9-8-12-33-20)15-19-14-18-13-17(3)10-11-21(18)26-24(19)32/h10-11,13-14,20,22H,6-9,12,15-16H2,1-5H3,(H,26,32). The van der Waals surface area contributed by atoms with Crippen molar-refractivity contribution in [3.05, 3.63) is 51.6 Å². The maximum absolute atomic E-state index is 13.0. The number of H-pyrrole nitrogens is 1. The molecule has 1 aliphatic rings. The van der Waals surface area contributed by atoms with Crippen molar-refractivity contribution >= 4 is 10.9 Å². The number of ether oxygens (including phenoxy) is 1. The number of hydrogen-bond acceptors (Lipinski definition) is 6. The van der Waals surface area contributed by atoms with Gasteiger partial charge in [-0.05, 0) is 80.5 Å². The van der Waals surface area contributed by atoms with Crippen LogP contribution in [0.1, 0.15) is 76.4 Å². The number of aryl methyl sites for hydroxylation is 1. The molecular weight excluding hydrogens is 416 g/mol. The molecule has 1 saturated heterocycles. The highest BCUT2D eigenvalue weighted by Crippen LogP contribution is 2.30. The first-order valence-electron chi connectivity index (χ1n) is 12.1. The van der Waals surface area contributed by atoms with Crippen molar-refractivity contribution < 1.29 is 4.74 Å². The normalized spacial score (nSPS) is 17.8. The molecule has 3 aromatic rings. The zero-order valence-corrected chi connectivity index (χ0v) is 20.5. The number of nitrogens with one attached hydrogen (secondary N) is 1. The third-order valence-corrected chi connectivity index (χ3v) is 6.97. The number of aromatic nitrogens is 5. The fourth-order valence-corrected chi connectivity index (χ4v) is 4.65. The van der Waals surface area contributed by atoms with Gasteiger partial charge in [-0.3, -0.25) is 9.69 Å². The Balaban J connectivity index is 1.72. The lowest BCUT2D eigenvalue weighted by molar-refractivity contribution is 0.0475. The Bertz CT molecular complexity index is 1150. The lowest BCUT2D eigenvalue weighted by Crippen LogP contribution is -2.39. The SMILES string of the molecule is CCC(c1nnnn1C(C)(C)CC)N(Cc1cc2cc(C)ccc2[nH]c1=O)CC1CCCO1. The molecule has 1 aliphatic heterocycles. The molecule has 0 bridgehead atoms. The van der Waals surface area contributed by atoms with Crippen LogP contribution in [0.2, 0.25) is 0 Å². The first-order chi connectivity index (χ1) is 15.8. The maximum Gasteiger partial charge on any atom is 0.252 e. The second-order valence-electron chi connectivity index (χ2n) is 9.82. The average Bonchev–Trinajstić information content (AvgIpc) is 3.48. The summed E-state index contributed by atoms with van der Waals surface area (Å²) in [5.41, 5.74) is 2.54. The molecule has 0 radical (unpaired) electrons. The molecule has 0 spiro atoms. The Labute approximate surface area is 195 Å². The molecule has 0 saturated carbocycles. The van der Waals surface area contributed by atoms with Crippen LogP contribution in [0.3, 0.4) is 0 Å². The quantitative estimate of drug-likeness (QED) is 0.526. The summed E-state index contributed by atoms with van der Waals surface area (Å²) < 4.78 is 7.94. The van der Waals surface area contributed by atoms with Crippen LogP contribution in [0, 0.1) is 6.92 Å². The third kappa shape index (κ3) is 5.01. The zero-order chi connectivity index (χ0) is 23.6. The number of aromatic amines is 1. The first-order valence-corrected chi connectivity index (χ1v) is 12.1. The van der Waals surface area contributed by atoms with E-state index in [0.29, 0.717) is 6.54 Å². The molecule has 1 aromatic carbocycles. The van der Waals surface area contributed by atoms with Crippen LogP contribution in [-0.2, 0) is 16.8 Å². The van der Waals surface area contributed by atoms with Crippen molar-refractivity contribution in [1.82, 2.24) is 30.1 Å². The number of nitrogens with zero attached hydrogens (tertiary/aromatic N) is 5. The Morgan fingerprint density at radius 1 is 1.30 bits per heavy atom. The largest absolute Gasteiger partial charge is 0.377 e. The molecule has 4 rings (SSSR count). The van der Waals surface area contributed by atoms with Crippen LogP contribution < -0.4 is 5.56 Å². The average molecular weight is 453 g/mol. The van der Waals surface area contributed by atoms with Gasteiger partial charge in [-0.15, -0.1) is 5.10 Å². The lowest BCUT2D eigenvalue weighted by Gasteiger charge is -2.34. The molecule has 2 atom stereocenters. The second-order valence-corrected chi connectivity index (χ2v) is 9.82. The molecule has 8 heteroatoms. The Morgan fingerprint density at radius 2 is 2.12 bits per heavy atom. The number of benzene rings is 1. The van der Waals surface area contributed by atoms with Crippen molar-refractivity contribution in [3.63, 3.8) is 0 Å². The van der Waals surface area contributed by atoms with Gasteiger partial charge < -0.3 is 9.72 Å². The van der Waals surface area contributed by atoms with E-state index < -0.39 is 0 Å². The molecule has 178 valence electrons. The fraction of sp³-hybridized carbons (Fsp3) is 0.600. The lowest BCUT2D eigenvalue weighted by atomic mass is 10.0. The monoisotopic (exact) mass is 452 g/mol. The minimum atomic E-state index is -0.195. The van der Waals surface area contributed by atoms with Crippen molar-refractivity contribution in [2.24, 2.45) is 0 Å². The number of pyridine rings is 1. The fourth-order valence-electron chi connectivity index (χ4n) is 4.65. The van der Waals surface area contributed by atoms with E-state index >= 15 is 0 Å². The van der Waals surface area contributed by atoms with Gasteiger partial charge in [0, 0.05) is 30.8 Å². The summed E-state index contributed by atoms with van der Waals surface area (Å²) >= 11 is 0. The summed E-state index contributed by atoms with van der Waals surface area (Å²) in [7, 11) is 0. The van der Waals surface area contributed by atoms with Gasteiger partial charge in [0.05, 0.1) is 17.7 Å². The van der Waals surface area contributed by atoms with E-state index in [4.69, 9.17) is 4.74 Å². The smallest absolute Gasteiger partial charge is 0.252 e. The molecule has 1 fully saturated rings. The van der Waals surface area contributed by atoms with Crippen LogP contribution in [0.4, 0.5) is 0 Å². The van der Waals surface area contributed by atoms with Gasteiger partial charge in [-0.1, -0.05) is 25.5 Å². The van der Waals surface area contributed by atoms with Crippen LogP contribution >= 0.6 is 0 Å². The number of fused-ring (bicyclic) bond motifs is 1. The van der Waals surface area contributed by atoms with Gasteiger partial charge in [0.15, 0.2) is 5.82 Å². The van der Waals surface area contributed by atoms with Gasteiger partial charge in [0.1, 0.15) is 0 Å². The molecule has 1 N–H and O–H groups in total. The highest BCUT2D eigenvalue weighted by atomic mass is 16.5. The van der Waals surface area contributed by atoms with Crippen LogP contribution in [-0.4, -0.2) is 49.3 Å². The molecule has 8 nitrogen and oxygen atoms in total. The van der Waals surface area contributed by atoms with Crippen LogP contribution in [0.25, 0.3) is 10.9 Å². The first kappa shape index (κ1) is 23.6. The molecule has 2 aromatic heterocycles.